The van der Waals surface area contributed by atoms with Crippen molar-refractivity contribution in [2.24, 2.45) is 0 Å². The van der Waals surface area contributed by atoms with E-state index in [0.717, 1.165) is 32.8 Å². The van der Waals surface area contributed by atoms with Gasteiger partial charge in [0.2, 0.25) is 0 Å². The summed E-state index contributed by atoms with van der Waals surface area (Å²) < 4.78 is 10.5. The van der Waals surface area contributed by atoms with Gasteiger partial charge in [-0.1, -0.05) is 0 Å². The minimum atomic E-state index is 0.465. The molecule has 0 spiro atoms. The Morgan fingerprint density at radius 3 is 3.00 bits per heavy atom. The molecular formula is C9H19NO2. The van der Waals surface area contributed by atoms with Crippen molar-refractivity contribution in [2.45, 2.75) is 19.4 Å². The highest BCUT2D eigenvalue weighted by molar-refractivity contribution is 4.75. The number of rotatable bonds is 5. The first-order chi connectivity index (χ1) is 5.86. The smallest absolute Gasteiger partial charge is 0.0714 e. The second-order valence-electron chi connectivity index (χ2n) is 3.16. The van der Waals surface area contributed by atoms with Crippen LogP contribution in [0.4, 0.5) is 0 Å². The minimum Gasteiger partial charge on any atom is -0.383 e. The van der Waals surface area contributed by atoms with Crippen molar-refractivity contribution in [3.05, 3.63) is 0 Å². The van der Waals surface area contributed by atoms with Crippen molar-refractivity contribution in [2.75, 3.05) is 40.0 Å². The number of ether oxygens (including phenoxy) is 2. The molecule has 1 heterocycles. The van der Waals surface area contributed by atoms with E-state index in [1.54, 1.807) is 7.11 Å². The SMILES string of the molecule is CCOC1CCN(CCOC)C1. The molecular weight excluding hydrogens is 154 g/mol. The summed E-state index contributed by atoms with van der Waals surface area (Å²) in [7, 11) is 1.75. The number of likely N-dealkylation sites (tertiary alicyclic amines) is 1. The van der Waals surface area contributed by atoms with Crippen LogP contribution >= 0.6 is 0 Å². The summed E-state index contributed by atoms with van der Waals surface area (Å²) >= 11 is 0. The summed E-state index contributed by atoms with van der Waals surface area (Å²) in [6, 6.07) is 0. The van der Waals surface area contributed by atoms with E-state index in [-0.39, 0.29) is 0 Å². The van der Waals surface area contributed by atoms with Crippen molar-refractivity contribution in [1.29, 1.82) is 0 Å². The number of nitrogens with zero attached hydrogens (tertiary/aromatic N) is 1. The molecule has 0 saturated carbocycles. The molecule has 1 rings (SSSR count). The second kappa shape index (κ2) is 5.51. The number of methoxy groups -OCH3 is 1. The highest BCUT2D eigenvalue weighted by Gasteiger charge is 2.21. The van der Waals surface area contributed by atoms with Crippen molar-refractivity contribution in [1.82, 2.24) is 4.90 Å². The van der Waals surface area contributed by atoms with Gasteiger partial charge in [0.1, 0.15) is 0 Å². The zero-order valence-electron chi connectivity index (χ0n) is 8.08. The monoisotopic (exact) mass is 173 g/mol. The molecule has 0 radical (unpaired) electrons. The van der Waals surface area contributed by atoms with E-state index in [9.17, 15) is 0 Å². The van der Waals surface area contributed by atoms with Gasteiger partial charge in [-0.3, -0.25) is 4.90 Å². The molecule has 0 aromatic carbocycles. The zero-order valence-corrected chi connectivity index (χ0v) is 8.08. The Morgan fingerprint density at radius 1 is 1.50 bits per heavy atom. The van der Waals surface area contributed by atoms with Crippen LogP contribution in [0.5, 0.6) is 0 Å². The third kappa shape index (κ3) is 3.09. The van der Waals surface area contributed by atoms with Crippen LogP contribution in [-0.4, -0.2) is 51.0 Å². The largest absolute Gasteiger partial charge is 0.383 e. The van der Waals surface area contributed by atoms with Crippen molar-refractivity contribution in [3.8, 4) is 0 Å². The predicted octanol–water partition coefficient (Wildman–Crippen LogP) is 0.744. The highest BCUT2D eigenvalue weighted by Crippen LogP contribution is 2.11. The lowest BCUT2D eigenvalue weighted by Crippen LogP contribution is -2.26. The van der Waals surface area contributed by atoms with E-state index in [1.807, 2.05) is 0 Å². The number of hydrogen-bond donors (Lipinski definition) is 0. The molecule has 0 aromatic heterocycles. The number of hydrogen-bond acceptors (Lipinski definition) is 3. The van der Waals surface area contributed by atoms with Crippen LogP contribution < -0.4 is 0 Å². The van der Waals surface area contributed by atoms with Gasteiger partial charge >= 0.3 is 0 Å². The fourth-order valence-corrected chi connectivity index (χ4v) is 1.59. The molecule has 0 amide bonds. The summed E-state index contributed by atoms with van der Waals surface area (Å²) in [5.41, 5.74) is 0. The molecule has 3 heteroatoms. The van der Waals surface area contributed by atoms with E-state index >= 15 is 0 Å². The first kappa shape index (κ1) is 9.96. The van der Waals surface area contributed by atoms with Crippen LogP contribution in [0.25, 0.3) is 0 Å². The predicted molar refractivity (Wildman–Crippen MR) is 48.3 cm³/mol. The molecule has 1 unspecified atom stereocenters. The Morgan fingerprint density at radius 2 is 2.33 bits per heavy atom. The van der Waals surface area contributed by atoms with Gasteiger partial charge in [0, 0.05) is 33.4 Å². The summed E-state index contributed by atoms with van der Waals surface area (Å²) in [5, 5.41) is 0. The van der Waals surface area contributed by atoms with E-state index < -0.39 is 0 Å². The van der Waals surface area contributed by atoms with Crippen LogP contribution in [0.1, 0.15) is 13.3 Å². The van der Waals surface area contributed by atoms with E-state index in [0.29, 0.717) is 6.10 Å². The average molecular weight is 173 g/mol. The molecule has 0 aliphatic carbocycles. The normalized spacial score (nSPS) is 25.0. The molecule has 1 aliphatic heterocycles. The molecule has 1 fully saturated rings. The lowest BCUT2D eigenvalue weighted by Gasteiger charge is -2.14. The molecule has 1 atom stereocenters. The summed E-state index contributed by atoms with van der Waals surface area (Å²) in [6.07, 6.45) is 1.64. The van der Waals surface area contributed by atoms with Crippen LogP contribution in [-0.2, 0) is 9.47 Å². The van der Waals surface area contributed by atoms with Crippen LogP contribution in [0.3, 0.4) is 0 Å². The fourth-order valence-electron chi connectivity index (χ4n) is 1.59. The third-order valence-electron chi connectivity index (χ3n) is 2.24. The average Bonchev–Trinajstić information content (AvgIpc) is 2.50. The van der Waals surface area contributed by atoms with Gasteiger partial charge in [-0.05, 0) is 13.3 Å². The van der Waals surface area contributed by atoms with Gasteiger partial charge in [-0.2, -0.15) is 0 Å². The molecule has 0 N–H and O–H groups in total. The summed E-state index contributed by atoms with van der Waals surface area (Å²) in [5.74, 6) is 0. The van der Waals surface area contributed by atoms with Crippen LogP contribution in [0, 0.1) is 0 Å². The Balaban J connectivity index is 2.08. The highest BCUT2D eigenvalue weighted by atomic mass is 16.5. The maximum absolute atomic E-state index is 5.53. The Kier molecular flexibility index (Phi) is 4.58. The quantitative estimate of drug-likeness (QED) is 0.612. The van der Waals surface area contributed by atoms with Gasteiger partial charge in [0.25, 0.3) is 0 Å². The Hall–Kier alpha value is -0.120. The molecule has 1 aliphatic rings. The molecule has 1 saturated heterocycles. The minimum absolute atomic E-state index is 0.465. The second-order valence-corrected chi connectivity index (χ2v) is 3.16. The van der Waals surface area contributed by atoms with Gasteiger partial charge in [0.15, 0.2) is 0 Å². The molecule has 12 heavy (non-hydrogen) atoms. The molecule has 0 aromatic rings. The third-order valence-corrected chi connectivity index (χ3v) is 2.24. The summed E-state index contributed by atoms with van der Waals surface area (Å²) in [6.45, 7) is 7.00. The van der Waals surface area contributed by atoms with Gasteiger partial charge in [0.05, 0.1) is 12.7 Å². The Labute approximate surface area is 74.6 Å². The first-order valence-corrected chi connectivity index (χ1v) is 4.69. The van der Waals surface area contributed by atoms with Crippen molar-refractivity contribution >= 4 is 0 Å². The lowest BCUT2D eigenvalue weighted by molar-refractivity contribution is 0.0658. The fraction of sp³-hybridized carbons (Fsp3) is 1.00. The van der Waals surface area contributed by atoms with Gasteiger partial charge in [-0.25, -0.2) is 0 Å². The van der Waals surface area contributed by atoms with Gasteiger partial charge in [-0.15, -0.1) is 0 Å². The topological polar surface area (TPSA) is 21.7 Å². The van der Waals surface area contributed by atoms with E-state index in [2.05, 4.69) is 11.8 Å². The van der Waals surface area contributed by atoms with Crippen molar-refractivity contribution in [3.63, 3.8) is 0 Å². The molecule has 72 valence electrons. The van der Waals surface area contributed by atoms with E-state index in [4.69, 9.17) is 9.47 Å². The van der Waals surface area contributed by atoms with Crippen LogP contribution in [0.2, 0.25) is 0 Å². The zero-order chi connectivity index (χ0) is 8.81. The maximum Gasteiger partial charge on any atom is 0.0714 e. The van der Waals surface area contributed by atoms with Gasteiger partial charge < -0.3 is 9.47 Å². The Bertz CT molecular complexity index is 119. The standard InChI is InChI=1S/C9H19NO2/c1-3-12-9-4-5-10(8-9)6-7-11-2/h9H,3-8H2,1-2H3. The summed E-state index contributed by atoms with van der Waals surface area (Å²) in [4.78, 5) is 2.39. The van der Waals surface area contributed by atoms with Crippen molar-refractivity contribution < 1.29 is 9.47 Å². The first-order valence-electron chi connectivity index (χ1n) is 4.69. The maximum atomic E-state index is 5.53. The molecule has 0 bridgehead atoms. The molecule has 3 nitrogen and oxygen atoms in total. The lowest BCUT2D eigenvalue weighted by atomic mass is 10.3. The van der Waals surface area contributed by atoms with E-state index in [1.165, 1.54) is 6.42 Å². The van der Waals surface area contributed by atoms with Crippen LogP contribution in [0.15, 0.2) is 0 Å².